The van der Waals surface area contributed by atoms with Crippen LogP contribution in [0.4, 0.5) is 0 Å². The van der Waals surface area contributed by atoms with Crippen LogP contribution in [0.5, 0.6) is 0 Å². The molecule has 0 bridgehead atoms. The quantitative estimate of drug-likeness (QED) is 0.0880. The van der Waals surface area contributed by atoms with Gasteiger partial charge in [-0.25, -0.2) is 0 Å². The smallest absolute Gasteiger partial charge is 0.0781 e. The Labute approximate surface area is 346 Å². The summed E-state index contributed by atoms with van der Waals surface area (Å²) in [5.74, 6) is 0. The summed E-state index contributed by atoms with van der Waals surface area (Å²) in [5, 5.41) is 18.4. The van der Waals surface area contributed by atoms with Crippen molar-refractivity contribution >= 4 is 0 Å². The lowest BCUT2D eigenvalue weighted by molar-refractivity contribution is -0.115. The standard InChI is InChI=1S/C42H86O15/c1-29(44)16-45-31(3)18-47-33(5)20-49-35(7)22-51-37(9)24-53-39(11)26-55-41(13)28-57-42(14)27-56-40(12)25-54-38(10)23-52-36(8)21-50-34(6)19-48-32(4)17-46-30(2)15-43/h29-44H,15-28H2,1-14H3. The topological polar surface area (TPSA) is 160 Å². The van der Waals surface area contributed by atoms with Gasteiger partial charge >= 0.3 is 0 Å². The molecule has 0 saturated carbocycles. The molecule has 0 aromatic heterocycles. The third kappa shape index (κ3) is 35.8. The summed E-state index contributed by atoms with van der Waals surface area (Å²) in [6.45, 7) is 32.7. The molecule has 57 heavy (non-hydrogen) atoms. The molecule has 0 amide bonds. The predicted octanol–water partition coefficient (Wildman–Crippen LogP) is 4.63. The number of aliphatic hydroxyl groups is 2. The Bertz CT molecular complexity index is 888. The molecule has 14 unspecified atom stereocenters. The van der Waals surface area contributed by atoms with Gasteiger partial charge in [-0.05, 0) is 96.9 Å². The van der Waals surface area contributed by atoms with E-state index in [4.69, 9.17) is 66.7 Å². The monoisotopic (exact) mass is 831 g/mol. The average molecular weight is 831 g/mol. The molecule has 0 saturated heterocycles. The first kappa shape index (κ1) is 56.4. The van der Waals surface area contributed by atoms with Crippen molar-refractivity contribution in [1.82, 2.24) is 0 Å². The van der Waals surface area contributed by atoms with E-state index in [9.17, 15) is 5.11 Å². The lowest BCUT2D eigenvalue weighted by Crippen LogP contribution is -2.31. The molecule has 344 valence electrons. The van der Waals surface area contributed by atoms with E-state index >= 15 is 0 Å². The number of rotatable bonds is 40. The summed E-state index contributed by atoms with van der Waals surface area (Å²) in [5.41, 5.74) is 0. The average Bonchev–Trinajstić information content (AvgIpc) is 3.18. The van der Waals surface area contributed by atoms with Crippen LogP contribution >= 0.6 is 0 Å². The molecular formula is C42H86O15. The molecule has 2 N–H and O–H groups in total. The van der Waals surface area contributed by atoms with E-state index in [0.29, 0.717) is 85.9 Å². The van der Waals surface area contributed by atoms with Crippen LogP contribution in [0.25, 0.3) is 0 Å². The van der Waals surface area contributed by atoms with Crippen molar-refractivity contribution in [2.75, 3.05) is 92.5 Å². The normalized spacial score (nSPS) is 19.8. The minimum Gasteiger partial charge on any atom is -0.394 e. The highest BCUT2D eigenvalue weighted by atomic mass is 16.6. The van der Waals surface area contributed by atoms with Crippen molar-refractivity contribution in [3.63, 3.8) is 0 Å². The van der Waals surface area contributed by atoms with Crippen LogP contribution < -0.4 is 0 Å². The molecule has 0 aromatic carbocycles. The molecule has 0 aliphatic heterocycles. The van der Waals surface area contributed by atoms with E-state index < -0.39 is 6.10 Å². The highest BCUT2D eigenvalue weighted by molar-refractivity contribution is 4.62. The third-order valence-electron chi connectivity index (χ3n) is 8.26. The van der Waals surface area contributed by atoms with Gasteiger partial charge in [-0.3, -0.25) is 0 Å². The van der Waals surface area contributed by atoms with Gasteiger partial charge in [0, 0.05) is 0 Å². The fraction of sp³-hybridized carbons (Fsp3) is 1.00. The lowest BCUT2D eigenvalue weighted by Gasteiger charge is -2.23. The van der Waals surface area contributed by atoms with E-state index in [2.05, 4.69) is 0 Å². The molecule has 0 fully saturated rings. The summed E-state index contributed by atoms with van der Waals surface area (Å²) < 4.78 is 75.9. The van der Waals surface area contributed by atoms with Crippen LogP contribution in [0.3, 0.4) is 0 Å². The van der Waals surface area contributed by atoms with Crippen molar-refractivity contribution in [1.29, 1.82) is 0 Å². The highest BCUT2D eigenvalue weighted by Crippen LogP contribution is 2.08. The van der Waals surface area contributed by atoms with Crippen molar-refractivity contribution in [2.24, 2.45) is 0 Å². The molecule has 0 heterocycles. The molecule has 14 atom stereocenters. The molecule has 15 heteroatoms. The van der Waals surface area contributed by atoms with E-state index in [1.54, 1.807) is 6.92 Å². The second-order valence-corrected chi connectivity index (χ2v) is 15.9. The molecule has 15 nitrogen and oxygen atoms in total. The maximum atomic E-state index is 9.32. The molecule has 0 aromatic rings. The molecule has 0 spiro atoms. The number of aliphatic hydroxyl groups excluding tert-OH is 2. The van der Waals surface area contributed by atoms with Crippen LogP contribution in [0, 0.1) is 0 Å². The van der Waals surface area contributed by atoms with Gasteiger partial charge < -0.3 is 71.8 Å². The van der Waals surface area contributed by atoms with E-state index in [0.717, 1.165) is 0 Å². The summed E-state index contributed by atoms with van der Waals surface area (Å²) in [4.78, 5) is 0. The minimum absolute atomic E-state index is 0.00876. The van der Waals surface area contributed by atoms with Gasteiger partial charge in [-0.2, -0.15) is 0 Å². The number of ether oxygens (including phenoxy) is 13. The lowest BCUT2D eigenvalue weighted by atomic mass is 10.3. The van der Waals surface area contributed by atoms with Crippen LogP contribution in [-0.4, -0.2) is 188 Å². The van der Waals surface area contributed by atoms with Crippen LogP contribution in [0.1, 0.15) is 96.9 Å². The Morgan fingerprint density at radius 2 is 0.351 bits per heavy atom. The fourth-order valence-electron chi connectivity index (χ4n) is 4.53. The van der Waals surface area contributed by atoms with Crippen LogP contribution in [-0.2, 0) is 61.6 Å². The number of hydrogen-bond acceptors (Lipinski definition) is 15. The minimum atomic E-state index is -0.491. The Morgan fingerprint density at radius 1 is 0.228 bits per heavy atom. The van der Waals surface area contributed by atoms with E-state index in [1.807, 2.05) is 90.0 Å². The zero-order valence-electron chi connectivity index (χ0n) is 38.2. The predicted molar refractivity (Wildman–Crippen MR) is 219 cm³/mol. The first-order valence-electron chi connectivity index (χ1n) is 21.2. The largest absolute Gasteiger partial charge is 0.394 e. The summed E-state index contributed by atoms with van der Waals surface area (Å²) in [7, 11) is 0. The molecular weight excluding hydrogens is 744 g/mol. The Hall–Kier alpha value is -0.600. The maximum Gasteiger partial charge on any atom is 0.0781 e. The Morgan fingerprint density at radius 3 is 0.474 bits per heavy atom. The van der Waals surface area contributed by atoms with Gasteiger partial charge in [0.25, 0.3) is 0 Å². The Balaban J connectivity index is 3.96. The van der Waals surface area contributed by atoms with Crippen molar-refractivity contribution in [2.45, 2.75) is 182 Å². The fourth-order valence-corrected chi connectivity index (χ4v) is 4.53. The van der Waals surface area contributed by atoms with Crippen molar-refractivity contribution in [3.8, 4) is 0 Å². The second-order valence-electron chi connectivity index (χ2n) is 15.9. The van der Waals surface area contributed by atoms with Gasteiger partial charge in [0.05, 0.1) is 178 Å². The molecule has 0 aliphatic rings. The second kappa shape index (κ2) is 35.0. The van der Waals surface area contributed by atoms with Gasteiger partial charge in [-0.1, -0.05) is 0 Å². The first-order valence-corrected chi connectivity index (χ1v) is 21.2. The molecule has 0 radical (unpaired) electrons. The van der Waals surface area contributed by atoms with Crippen LogP contribution in [0.2, 0.25) is 0 Å². The van der Waals surface area contributed by atoms with E-state index in [-0.39, 0.29) is 86.0 Å². The SMILES string of the molecule is CC(O)COC(C)COC(C)COC(C)COC(C)COC(C)COC(C)COC(C)COC(C)COC(C)COC(C)COC(C)COC(C)COC(C)CO. The van der Waals surface area contributed by atoms with Crippen molar-refractivity contribution in [3.05, 3.63) is 0 Å². The van der Waals surface area contributed by atoms with Gasteiger partial charge in [0.15, 0.2) is 0 Å². The van der Waals surface area contributed by atoms with Gasteiger partial charge in [0.2, 0.25) is 0 Å². The van der Waals surface area contributed by atoms with Crippen LogP contribution in [0.15, 0.2) is 0 Å². The summed E-state index contributed by atoms with van der Waals surface area (Å²) >= 11 is 0. The van der Waals surface area contributed by atoms with Gasteiger partial charge in [0.1, 0.15) is 0 Å². The Kier molecular flexibility index (Phi) is 34.7. The highest BCUT2D eigenvalue weighted by Gasteiger charge is 2.17. The zero-order chi connectivity index (χ0) is 43.2. The van der Waals surface area contributed by atoms with Gasteiger partial charge in [-0.15, -0.1) is 0 Å². The number of hydrogen-bond donors (Lipinski definition) is 2. The maximum absolute atomic E-state index is 9.32. The van der Waals surface area contributed by atoms with Crippen molar-refractivity contribution < 1.29 is 71.8 Å². The first-order chi connectivity index (χ1) is 26.9. The zero-order valence-corrected chi connectivity index (χ0v) is 38.2. The van der Waals surface area contributed by atoms with E-state index in [1.165, 1.54) is 0 Å². The molecule has 0 aliphatic carbocycles. The summed E-state index contributed by atoms with van der Waals surface area (Å²) in [6, 6.07) is 0. The summed E-state index contributed by atoms with van der Waals surface area (Å²) in [6.07, 6.45) is -1.79. The third-order valence-corrected chi connectivity index (χ3v) is 8.26. The molecule has 0 rings (SSSR count).